The third kappa shape index (κ3) is 2.75. The van der Waals surface area contributed by atoms with E-state index in [1.165, 1.54) is 44.3 Å². The lowest BCUT2D eigenvalue weighted by atomic mass is 9.60. The van der Waals surface area contributed by atoms with Crippen LogP contribution in [0.5, 0.6) is 0 Å². The van der Waals surface area contributed by atoms with E-state index in [2.05, 4.69) is 52.4 Å². The number of fused-ring (bicyclic) bond motifs is 1. The zero-order valence-corrected chi connectivity index (χ0v) is 15.2. The Labute approximate surface area is 150 Å². The van der Waals surface area contributed by atoms with Crippen molar-refractivity contribution in [3.63, 3.8) is 0 Å². The van der Waals surface area contributed by atoms with Crippen molar-refractivity contribution >= 4 is 6.03 Å². The molecule has 25 heavy (non-hydrogen) atoms. The molecule has 1 spiro atoms. The summed E-state index contributed by atoms with van der Waals surface area (Å²) in [4.78, 5) is 17.2. The van der Waals surface area contributed by atoms with Gasteiger partial charge in [-0.15, -0.1) is 0 Å². The summed E-state index contributed by atoms with van der Waals surface area (Å²) in [5, 5.41) is 3.32. The summed E-state index contributed by atoms with van der Waals surface area (Å²) in [6.07, 6.45) is 4.80. The van der Waals surface area contributed by atoms with E-state index >= 15 is 0 Å². The van der Waals surface area contributed by atoms with Crippen LogP contribution in [0.2, 0.25) is 0 Å². The summed E-state index contributed by atoms with van der Waals surface area (Å²) in [5.41, 5.74) is 1.89. The molecule has 2 aliphatic heterocycles. The van der Waals surface area contributed by atoms with E-state index in [4.69, 9.17) is 0 Å². The molecule has 4 aliphatic rings. The molecule has 2 amide bonds. The first-order valence-corrected chi connectivity index (χ1v) is 9.99. The first-order valence-electron chi connectivity index (χ1n) is 9.99. The van der Waals surface area contributed by atoms with Crippen LogP contribution >= 0.6 is 0 Å². The maximum absolute atomic E-state index is 12.6. The van der Waals surface area contributed by atoms with Crippen LogP contribution in [0.15, 0.2) is 30.3 Å². The van der Waals surface area contributed by atoms with Gasteiger partial charge >= 0.3 is 6.03 Å². The number of hydrogen-bond acceptors (Lipinski definition) is 2. The minimum absolute atomic E-state index is 0.212. The van der Waals surface area contributed by atoms with Gasteiger partial charge in [0.25, 0.3) is 0 Å². The summed E-state index contributed by atoms with van der Waals surface area (Å²) >= 11 is 0. The second-order valence-electron chi connectivity index (χ2n) is 8.97. The summed E-state index contributed by atoms with van der Waals surface area (Å²) in [6.45, 7) is 6.70. The summed E-state index contributed by atoms with van der Waals surface area (Å²) in [5.74, 6) is 1.56. The van der Waals surface area contributed by atoms with Gasteiger partial charge in [-0.05, 0) is 42.1 Å². The monoisotopic (exact) mass is 339 g/mol. The minimum Gasteiger partial charge on any atom is -0.335 e. The topological polar surface area (TPSA) is 35.6 Å². The van der Waals surface area contributed by atoms with Crippen LogP contribution in [-0.2, 0) is 6.54 Å². The van der Waals surface area contributed by atoms with Crippen molar-refractivity contribution < 1.29 is 4.79 Å². The number of benzene rings is 1. The van der Waals surface area contributed by atoms with Crippen molar-refractivity contribution in [2.75, 3.05) is 19.6 Å². The number of carbonyl (C=O) groups is 1. The Balaban J connectivity index is 1.06. The molecule has 3 atom stereocenters. The van der Waals surface area contributed by atoms with Gasteiger partial charge in [0.05, 0.1) is 0 Å². The first-order chi connectivity index (χ1) is 12.2. The highest BCUT2D eigenvalue weighted by atomic mass is 16.2. The number of likely N-dealkylation sites (tertiary alicyclic amines) is 2. The Kier molecular flexibility index (Phi) is 3.60. The number of nitrogens with one attached hydrogen (secondary N) is 1. The molecule has 2 aliphatic carbocycles. The van der Waals surface area contributed by atoms with E-state index in [9.17, 15) is 4.79 Å². The molecule has 4 nitrogen and oxygen atoms in total. The molecule has 134 valence electrons. The zero-order valence-electron chi connectivity index (χ0n) is 15.2. The molecule has 1 aromatic rings. The van der Waals surface area contributed by atoms with Gasteiger partial charge in [0, 0.05) is 38.3 Å². The number of amides is 2. The second kappa shape index (κ2) is 5.73. The van der Waals surface area contributed by atoms with Crippen LogP contribution in [0, 0.1) is 17.3 Å². The van der Waals surface area contributed by atoms with Crippen molar-refractivity contribution in [3.8, 4) is 0 Å². The van der Waals surface area contributed by atoms with Crippen LogP contribution in [-0.4, -0.2) is 47.5 Å². The third-order valence-corrected chi connectivity index (χ3v) is 7.08. The molecule has 1 unspecified atom stereocenters. The van der Waals surface area contributed by atoms with Crippen LogP contribution in [0.25, 0.3) is 0 Å². The molecule has 0 aromatic heterocycles. The highest BCUT2D eigenvalue weighted by Gasteiger charge is 2.56. The maximum atomic E-state index is 12.6. The summed E-state index contributed by atoms with van der Waals surface area (Å²) < 4.78 is 0. The lowest BCUT2D eigenvalue weighted by Crippen LogP contribution is -2.66. The molecule has 0 radical (unpaired) electrons. The maximum Gasteiger partial charge on any atom is 0.317 e. The Bertz CT molecular complexity index is 646. The van der Waals surface area contributed by atoms with Gasteiger partial charge in [0.15, 0.2) is 0 Å². The van der Waals surface area contributed by atoms with Gasteiger partial charge in [-0.1, -0.05) is 43.7 Å². The average Bonchev–Trinajstić information content (AvgIpc) is 3.25. The van der Waals surface area contributed by atoms with Gasteiger partial charge < -0.3 is 10.2 Å². The van der Waals surface area contributed by atoms with E-state index < -0.39 is 0 Å². The highest BCUT2D eigenvalue weighted by Crippen LogP contribution is 2.51. The Morgan fingerprint density at radius 2 is 2.00 bits per heavy atom. The number of carbonyl (C=O) groups excluding carboxylic acids is 1. The van der Waals surface area contributed by atoms with Gasteiger partial charge in [0.1, 0.15) is 0 Å². The predicted molar refractivity (Wildman–Crippen MR) is 98.1 cm³/mol. The predicted octanol–water partition coefficient (Wildman–Crippen LogP) is 3.09. The minimum atomic E-state index is 0.212. The van der Waals surface area contributed by atoms with Crippen LogP contribution < -0.4 is 5.32 Å². The quantitative estimate of drug-likeness (QED) is 0.915. The van der Waals surface area contributed by atoms with Crippen LogP contribution in [0.3, 0.4) is 0 Å². The standard InChI is InChI=1S/C21H29N3O/c1-2-16-12-24(19-8-18(16)19)20(25)22-17-9-21(10-17)13-23(14-21)11-15-6-4-3-5-7-15/h3-7,16-19H,2,8-14H2,1H3,(H,22,25)/t16-,18?,19+/m1/s1. The lowest BCUT2D eigenvalue weighted by molar-refractivity contribution is -0.0809. The Morgan fingerprint density at radius 1 is 1.24 bits per heavy atom. The molecule has 4 fully saturated rings. The molecular formula is C21H29N3O. The smallest absolute Gasteiger partial charge is 0.317 e. The van der Waals surface area contributed by atoms with Crippen LogP contribution in [0.4, 0.5) is 4.79 Å². The fourth-order valence-corrected chi connectivity index (χ4v) is 5.71. The normalized spacial score (nSPS) is 32.8. The van der Waals surface area contributed by atoms with E-state index in [1.807, 2.05) is 0 Å². The average molecular weight is 339 g/mol. The van der Waals surface area contributed by atoms with E-state index in [0.717, 1.165) is 24.9 Å². The first kappa shape index (κ1) is 15.7. The fourth-order valence-electron chi connectivity index (χ4n) is 5.71. The number of urea groups is 1. The Hall–Kier alpha value is -1.55. The second-order valence-corrected chi connectivity index (χ2v) is 8.97. The zero-order chi connectivity index (χ0) is 17.0. The largest absolute Gasteiger partial charge is 0.335 e. The molecule has 2 saturated heterocycles. The number of rotatable bonds is 4. The van der Waals surface area contributed by atoms with Gasteiger partial charge in [-0.2, -0.15) is 0 Å². The van der Waals surface area contributed by atoms with Crippen molar-refractivity contribution in [1.29, 1.82) is 0 Å². The van der Waals surface area contributed by atoms with Gasteiger partial charge in [0.2, 0.25) is 0 Å². The highest BCUT2D eigenvalue weighted by molar-refractivity contribution is 5.76. The van der Waals surface area contributed by atoms with Gasteiger partial charge in [-0.25, -0.2) is 4.79 Å². The van der Waals surface area contributed by atoms with E-state index in [0.29, 0.717) is 17.5 Å². The molecule has 1 aromatic carbocycles. The summed E-state index contributed by atoms with van der Waals surface area (Å²) in [7, 11) is 0. The SMILES string of the molecule is CC[C@@H]1CN(C(=O)NC2CC3(C2)CN(Cc2ccccc2)C3)[C@H]2CC12. The van der Waals surface area contributed by atoms with Crippen molar-refractivity contribution in [1.82, 2.24) is 15.1 Å². The Morgan fingerprint density at radius 3 is 2.68 bits per heavy atom. The molecule has 4 heteroatoms. The van der Waals surface area contributed by atoms with Crippen molar-refractivity contribution in [3.05, 3.63) is 35.9 Å². The van der Waals surface area contributed by atoms with Gasteiger partial charge in [-0.3, -0.25) is 4.90 Å². The molecule has 5 rings (SSSR count). The molecule has 0 bridgehead atoms. The molecule has 1 N–H and O–H groups in total. The molecule has 2 saturated carbocycles. The number of nitrogens with zero attached hydrogens (tertiary/aromatic N) is 2. The number of hydrogen-bond donors (Lipinski definition) is 1. The molecular weight excluding hydrogens is 310 g/mol. The van der Waals surface area contributed by atoms with Crippen molar-refractivity contribution in [2.45, 2.75) is 51.2 Å². The van der Waals surface area contributed by atoms with Crippen LogP contribution in [0.1, 0.15) is 38.2 Å². The lowest BCUT2D eigenvalue weighted by Gasteiger charge is -2.59. The summed E-state index contributed by atoms with van der Waals surface area (Å²) in [6, 6.07) is 11.9. The fraction of sp³-hybridized carbons (Fsp3) is 0.667. The molecule has 2 heterocycles. The number of piperidine rings is 1. The third-order valence-electron chi connectivity index (χ3n) is 7.08. The van der Waals surface area contributed by atoms with Crippen molar-refractivity contribution in [2.24, 2.45) is 17.3 Å². The van der Waals surface area contributed by atoms with E-state index in [-0.39, 0.29) is 6.03 Å². The van der Waals surface area contributed by atoms with E-state index in [1.54, 1.807) is 0 Å².